The number of benzene rings is 2. The Labute approximate surface area is 178 Å². The molecule has 7 heteroatoms. The summed E-state index contributed by atoms with van der Waals surface area (Å²) in [5.74, 6) is 0.657. The highest BCUT2D eigenvalue weighted by atomic mass is 19.4. The molecule has 4 nitrogen and oxygen atoms in total. The Bertz CT molecular complexity index is 1070. The van der Waals surface area contributed by atoms with E-state index < -0.39 is 17.8 Å². The quantitative estimate of drug-likeness (QED) is 0.629. The number of hydrogen-bond acceptors (Lipinski definition) is 3. The van der Waals surface area contributed by atoms with E-state index in [1.54, 1.807) is 6.20 Å². The van der Waals surface area contributed by atoms with Crippen molar-refractivity contribution in [2.24, 2.45) is 0 Å². The molecule has 1 N–H and O–H groups in total. The summed E-state index contributed by atoms with van der Waals surface area (Å²) in [5, 5.41) is 3.13. The third kappa shape index (κ3) is 4.71. The highest BCUT2D eigenvalue weighted by Crippen LogP contribution is 2.32. The number of carbonyl (C=O) groups excluding carboxylic acids is 1. The predicted octanol–water partition coefficient (Wildman–Crippen LogP) is 5.15. The third-order valence-corrected chi connectivity index (χ3v) is 5.48. The van der Waals surface area contributed by atoms with Crippen molar-refractivity contribution in [1.29, 1.82) is 0 Å². The Morgan fingerprint density at radius 3 is 2.45 bits per heavy atom. The van der Waals surface area contributed by atoms with E-state index in [0.717, 1.165) is 34.4 Å². The van der Waals surface area contributed by atoms with E-state index in [9.17, 15) is 18.0 Å². The number of anilines is 1. The number of amides is 1. The van der Waals surface area contributed by atoms with Gasteiger partial charge >= 0.3 is 6.18 Å². The van der Waals surface area contributed by atoms with Gasteiger partial charge in [-0.2, -0.15) is 13.2 Å². The number of rotatable bonds is 4. The molecule has 4 rings (SSSR count). The van der Waals surface area contributed by atoms with Crippen LogP contribution in [0.5, 0.6) is 0 Å². The average Bonchev–Trinajstić information content (AvgIpc) is 2.78. The molecule has 1 aromatic heterocycles. The number of aromatic nitrogens is 1. The molecule has 160 valence electrons. The fourth-order valence-corrected chi connectivity index (χ4v) is 3.78. The second kappa shape index (κ2) is 8.41. The molecular formula is C24H22F3N3O. The number of hydrogen-bond donors (Lipinski definition) is 1. The lowest BCUT2D eigenvalue weighted by atomic mass is 9.94. The van der Waals surface area contributed by atoms with Crippen LogP contribution in [0.1, 0.15) is 23.6 Å². The Balaban J connectivity index is 1.45. The number of fused-ring (bicyclic) bond motifs is 1. The van der Waals surface area contributed by atoms with Crippen molar-refractivity contribution < 1.29 is 18.0 Å². The molecule has 1 aliphatic rings. The van der Waals surface area contributed by atoms with E-state index in [-0.39, 0.29) is 5.91 Å². The van der Waals surface area contributed by atoms with Crippen LogP contribution in [0.2, 0.25) is 0 Å². The minimum atomic E-state index is -4.34. The van der Waals surface area contributed by atoms with Crippen molar-refractivity contribution in [3.63, 3.8) is 0 Å². The van der Waals surface area contributed by atoms with Crippen molar-refractivity contribution in [3.8, 4) is 11.1 Å². The van der Waals surface area contributed by atoms with Crippen LogP contribution in [-0.2, 0) is 23.9 Å². The Kier molecular flexibility index (Phi) is 5.67. The Morgan fingerprint density at radius 2 is 1.77 bits per heavy atom. The zero-order valence-corrected chi connectivity index (χ0v) is 17.0. The maximum absolute atomic E-state index is 12.9. The molecule has 0 bridgehead atoms. The van der Waals surface area contributed by atoms with Crippen LogP contribution >= 0.6 is 0 Å². The smallest absolute Gasteiger partial charge is 0.359 e. The van der Waals surface area contributed by atoms with E-state index in [1.807, 2.05) is 48.2 Å². The van der Waals surface area contributed by atoms with Crippen LogP contribution in [-0.4, -0.2) is 28.4 Å². The standard InChI is InChI=1S/C24H22F3N3O/c1-16(29-22-4-2-3-12-28-22)23(31)30-13-11-19-14-18(5-6-20(19)15-30)17-7-9-21(10-8-17)24(25,26)27/h2-10,12,14,16H,11,13,15H2,1H3,(H,28,29)/t16-/m1/s1. The van der Waals surface area contributed by atoms with Crippen molar-refractivity contribution >= 4 is 11.7 Å². The van der Waals surface area contributed by atoms with Crippen LogP contribution < -0.4 is 5.32 Å². The summed E-state index contributed by atoms with van der Waals surface area (Å²) in [5.41, 5.74) is 3.13. The molecule has 0 saturated heterocycles. The van der Waals surface area contributed by atoms with Crippen molar-refractivity contribution in [2.45, 2.75) is 32.1 Å². The fourth-order valence-electron chi connectivity index (χ4n) is 3.78. The monoisotopic (exact) mass is 425 g/mol. The van der Waals surface area contributed by atoms with E-state index in [4.69, 9.17) is 0 Å². The number of pyridine rings is 1. The molecular weight excluding hydrogens is 403 g/mol. The number of carbonyl (C=O) groups is 1. The fraction of sp³-hybridized carbons (Fsp3) is 0.250. The molecule has 0 aliphatic carbocycles. The van der Waals surface area contributed by atoms with Crippen LogP contribution in [0.15, 0.2) is 66.9 Å². The molecule has 2 aromatic carbocycles. The summed E-state index contributed by atoms with van der Waals surface area (Å²) in [6.07, 6.45) is -1.97. The molecule has 1 aliphatic heterocycles. The van der Waals surface area contributed by atoms with Gasteiger partial charge in [0, 0.05) is 19.3 Å². The second-order valence-electron chi connectivity index (χ2n) is 7.65. The molecule has 31 heavy (non-hydrogen) atoms. The molecule has 0 fully saturated rings. The Morgan fingerprint density at radius 1 is 1.03 bits per heavy atom. The zero-order valence-electron chi connectivity index (χ0n) is 17.0. The third-order valence-electron chi connectivity index (χ3n) is 5.48. The lowest BCUT2D eigenvalue weighted by Gasteiger charge is -2.31. The van der Waals surface area contributed by atoms with Crippen molar-refractivity contribution in [3.05, 3.63) is 83.6 Å². The van der Waals surface area contributed by atoms with Crippen molar-refractivity contribution in [2.75, 3.05) is 11.9 Å². The topological polar surface area (TPSA) is 45.2 Å². The van der Waals surface area contributed by atoms with Gasteiger partial charge in [0.15, 0.2) is 0 Å². The predicted molar refractivity (Wildman–Crippen MR) is 113 cm³/mol. The summed E-state index contributed by atoms with van der Waals surface area (Å²) in [7, 11) is 0. The van der Waals surface area contributed by atoms with Crippen LogP contribution in [0.25, 0.3) is 11.1 Å². The lowest BCUT2D eigenvalue weighted by Crippen LogP contribution is -2.43. The lowest BCUT2D eigenvalue weighted by molar-refractivity contribution is -0.137. The van der Waals surface area contributed by atoms with Crippen LogP contribution in [0, 0.1) is 0 Å². The molecule has 1 atom stereocenters. The van der Waals surface area contributed by atoms with Gasteiger partial charge in [0.05, 0.1) is 5.56 Å². The van der Waals surface area contributed by atoms with Gasteiger partial charge in [0.2, 0.25) is 5.91 Å². The second-order valence-corrected chi connectivity index (χ2v) is 7.65. The minimum absolute atomic E-state index is 0.00289. The summed E-state index contributed by atoms with van der Waals surface area (Å²) in [6.45, 7) is 2.92. The van der Waals surface area contributed by atoms with Gasteiger partial charge in [-0.3, -0.25) is 4.79 Å². The van der Waals surface area contributed by atoms with E-state index in [2.05, 4.69) is 10.3 Å². The van der Waals surface area contributed by atoms with Gasteiger partial charge in [-0.25, -0.2) is 4.98 Å². The molecule has 0 saturated carbocycles. The van der Waals surface area contributed by atoms with Crippen LogP contribution in [0.3, 0.4) is 0 Å². The molecule has 0 unspecified atom stereocenters. The summed E-state index contributed by atoms with van der Waals surface area (Å²) in [4.78, 5) is 18.9. The number of halogens is 3. The normalized spacial score (nSPS) is 14.6. The van der Waals surface area contributed by atoms with Gasteiger partial charge in [0.1, 0.15) is 11.9 Å². The highest BCUT2D eigenvalue weighted by Gasteiger charge is 2.30. The summed E-state index contributed by atoms with van der Waals surface area (Å²) in [6, 6.07) is 16.1. The zero-order chi connectivity index (χ0) is 22.0. The summed E-state index contributed by atoms with van der Waals surface area (Å²) < 4.78 is 38.4. The number of alkyl halides is 3. The van der Waals surface area contributed by atoms with Gasteiger partial charge in [-0.15, -0.1) is 0 Å². The van der Waals surface area contributed by atoms with E-state index in [1.165, 1.54) is 12.1 Å². The maximum atomic E-state index is 12.9. The molecule has 3 aromatic rings. The van der Waals surface area contributed by atoms with Gasteiger partial charge in [-0.05, 0) is 59.9 Å². The largest absolute Gasteiger partial charge is 0.416 e. The van der Waals surface area contributed by atoms with E-state index >= 15 is 0 Å². The molecule has 2 heterocycles. The first kappa shape index (κ1) is 20.9. The van der Waals surface area contributed by atoms with Crippen molar-refractivity contribution in [1.82, 2.24) is 9.88 Å². The van der Waals surface area contributed by atoms with Gasteiger partial charge in [0.25, 0.3) is 0 Å². The maximum Gasteiger partial charge on any atom is 0.416 e. The highest BCUT2D eigenvalue weighted by molar-refractivity contribution is 5.84. The van der Waals surface area contributed by atoms with Crippen LogP contribution in [0.4, 0.5) is 19.0 Å². The SMILES string of the molecule is C[C@@H](Nc1ccccn1)C(=O)N1CCc2cc(-c3ccc(C(F)(F)F)cc3)ccc2C1. The van der Waals surface area contributed by atoms with Gasteiger partial charge in [-0.1, -0.05) is 36.4 Å². The summed E-state index contributed by atoms with van der Waals surface area (Å²) >= 11 is 0. The number of nitrogens with one attached hydrogen (secondary N) is 1. The van der Waals surface area contributed by atoms with E-state index in [0.29, 0.717) is 25.3 Å². The first-order valence-electron chi connectivity index (χ1n) is 10.1. The first-order valence-corrected chi connectivity index (χ1v) is 10.1. The number of nitrogens with zero attached hydrogens (tertiary/aromatic N) is 2. The first-order chi connectivity index (χ1) is 14.8. The average molecular weight is 425 g/mol. The molecule has 1 amide bonds. The minimum Gasteiger partial charge on any atom is -0.359 e. The molecule has 0 spiro atoms. The van der Waals surface area contributed by atoms with Gasteiger partial charge < -0.3 is 10.2 Å². The Hall–Kier alpha value is -3.35. The molecule has 0 radical (unpaired) electrons.